The van der Waals surface area contributed by atoms with Crippen LogP contribution < -0.4 is 5.73 Å². The van der Waals surface area contributed by atoms with Gasteiger partial charge in [-0.2, -0.15) is 0 Å². The minimum atomic E-state index is 0.754. The Balaban J connectivity index is 2.97. The summed E-state index contributed by atoms with van der Waals surface area (Å²) in [6, 6.07) is 7.35. The van der Waals surface area contributed by atoms with E-state index in [1.807, 2.05) is 24.3 Å². The summed E-state index contributed by atoms with van der Waals surface area (Å²) in [5.41, 5.74) is 7.14. The van der Waals surface area contributed by atoms with Gasteiger partial charge >= 0.3 is 0 Å². The zero-order valence-corrected chi connectivity index (χ0v) is 6.23. The lowest BCUT2D eigenvalue weighted by Gasteiger charge is -1.90. The minimum absolute atomic E-state index is 0.754. The fraction of sp³-hybridized carbons (Fsp3) is 0. The lowest BCUT2D eigenvalue weighted by Crippen LogP contribution is -1.82. The molecule has 0 atom stereocenters. The van der Waals surface area contributed by atoms with Crippen molar-refractivity contribution >= 4 is 18.3 Å². The molecule has 2 heteroatoms. The molecular weight excluding hydrogens is 142 g/mol. The summed E-state index contributed by atoms with van der Waals surface area (Å²) in [6.45, 7) is 0. The van der Waals surface area contributed by atoms with Crippen molar-refractivity contribution in [2.45, 2.75) is 0 Å². The molecule has 0 aliphatic heterocycles. The van der Waals surface area contributed by atoms with E-state index in [1.165, 1.54) is 0 Å². The van der Waals surface area contributed by atoms with Gasteiger partial charge in [-0.1, -0.05) is 18.5 Å². The quantitative estimate of drug-likeness (QED) is 0.326. The molecule has 50 valence electrons. The third kappa shape index (κ3) is 1.71. The number of rotatable bonds is 0. The lowest BCUT2D eigenvalue weighted by atomic mass is 10.2. The molecule has 0 bridgehead atoms. The highest BCUT2D eigenvalue weighted by molar-refractivity contribution is 7.85. The van der Waals surface area contributed by atoms with Crippen molar-refractivity contribution in [3.05, 3.63) is 29.8 Å². The maximum absolute atomic E-state index is 5.46. The monoisotopic (exact) mass is 149 g/mol. The Morgan fingerprint density at radius 1 is 1.20 bits per heavy atom. The predicted octanol–water partition coefficient (Wildman–Crippen LogP) is 1.51. The maximum atomic E-state index is 5.46. The number of nitrogens with two attached hydrogens (primary N) is 1. The van der Waals surface area contributed by atoms with Crippen molar-refractivity contribution in [3.63, 3.8) is 0 Å². The van der Waals surface area contributed by atoms with Gasteiger partial charge in [0.25, 0.3) is 0 Å². The molecule has 0 aromatic heterocycles. The van der Waals surface area contributed by atoms with Gasteiger partial charge in [0.05, 0.1) is 0 Å². The van der Waals surface area contributed by atoms with Crippen LogP contribution in [0.25, 0.3) is 0 Å². The van der Waals surface area contributed by atoms with Crippen LogP contribution in [-0.2, 0) is 0 Å². The van der Waals surface area contributed by atoms with Crippen molar-refractivity contribution in [1.82, 2.24) is 0 Å². The Morgan fingerprint density at radius 3 is 2.30 bits per heavy atom. The molecule has 2 N–H and O–H groups in total. The SMILES string of the molecule is Nc1ccc(C#CS)cc1. The molecule has 0 aliphatic rings. The van der Waals surface area contributed by atoms with Crippen LogP contribution in [0.1, 0.15) is 5.56 Å². The van der Waals surface area contributed by atoms with Crippen LogP contribution >= 0.6 is 12.6 Å². The molecule has 0 spiro atoms. The molecule has 0 unspecified atom stereocenters. The van der Waals surface area contributed by atoms with E-state index < -0.39 is 0 Å². The summed E-state index contributed by atoms with van der Waals surface area (Å²) in [5, 5.41) is 2.51. The van der Waals surface area contributed by atoms with Gasteiger partial charge in [-0.05, 0) is 29.5 Å². The second-order valence-corrected chi connectivity index (χ2v) is 2.08. The Hall–Kier alpha value is -1.07. The van der Waals surface area contributed by atoms with Crippen LogP contribution in [0.4, 0.5) is 5.69 Å². The highest BCUT2D eigenvalue weighted by Crippen LogP contribution is 2.03. The standard InChI is InChI=1S/C8H7NS/c9-8-3-1-7(2-4-8)5-6-10/h1-4,10H,9H2. The number of benzene rings is 1. The Labute approximate surface area is 65.7 Å². The minimum Gasteiger partial charge on any atom is -0.399 e. The molecular formula is C8H7NS. The molecule has 1 aromatic rings. The van der Waals surface area contributed by atoms with Crippen LogP contribution in [0.2, 0.25) is 0 Å². The first kappa shape index (κ1) is 7.04. The molecule has 1 aromatic carbocycles. The molecule has 0 saturated heterocycles. The summed E-state index contributed by atoms with van der Waals surface area (Å²) in [6.07, 6.45) is 0. The van der Waals surface area contributed by atoms with Gasteiger partial charge in [0, 0.05) is 11.3 Å². The second kappa shape index (κ2) is 3.19. The smallest absolute Gasteiger partial charge is 0.0314 e. The summed E-state index contributed by atoms with van der Waals surface area (Å²) in [7, 11) is 0. The summed E-state index contributed by atoms with van der Waals surface area (Å²) < 4.78 is 0. The van der Waals surface area contributed by atoms with Crippen LogP contribution in [0.15, 0.2) is 24.3 Å². The molecule has 10 heavy (non-hydrogen) atoms. The Kier molecular flexibility index (Phi) is 2.24. The van der Waals surface area contributed by atoms with E-state index in [4.69, 9.17) is 5.73 Å². The zero-order chi connectivity index (χ0) is 7.40. The molecule has 0 saturated carbocycles. The fourth-order valence-electron chi connectivity index (χ4n) is 0.631. The average molecular weight is 149 g/mol. The van der Waals surface area contributed by atoms with Gasteiger partial charge in [-0.25, -0.2) is 0 Å². The van der Waals surface area contributed by atoms with E-state index in [9.17, 15) is 0 Å². The van der Waals surface area contributed by atoms with E-state index in [0.29, 0.717) is 0 Å². The van der Waals surface area contributed by atoms with E-state index in [1.54, 1.807) is 0 Å². The molecule has 0 fully saturated rings. The highest BCUT2D eigenvalue weighted by Gasteiger charge is 1.84. The van der Waals surface area contributed by atoms with Crippen molar-refractivity contribution in [3.8, 4) is 11.2 Å². The second-order valence-electron chi connectivity index (χ2n) is 1.86. The largest absolute Gasteiger partial charge is 0.399 e. The van der Waals surface area contributed by atoms with Gasteiger partial charge in [0.1, 0.15) is 0 Å². The molecule has 1 rings (SSSR count). The molecule has 1 nitrogen and oxygen atoms in total. The van der Waals surface area contributed by atoms with Gasteiger partial charge < -0.3 is 5.73 Å². The van der Waals surface area contributed by atoms with Gasteiger partial charge in [-0.3, -0.25) is 0 Å². The van der Waals surface area contributed by atoms with Crippen LogP contribution in [-0.4, -0.2) is 0 Å². The number of anilines is 1. The number of hydrogen-bond acceptors (Lipinski definition) is 2. The first-order chi connectivity index (χ1) is 4.83. The topological polar surface area (TPSA) is 26.0 Å². The third-order valence-electron chi connectivity index (χ3n) is 1.11. The molecule has 0 heterocycles. The summed E-state index contributed by atoms with van der Waals surface area (Å²) >= 11 is 3.77. The third-order valence-corrected chi connectivity index (χ3v) is 1.22. The van der Waals surface area contributed by atoms with Gasteiger partial charge in [0.15, 0.2) is 0 Å². The number of nitrogen functional groups attached to an aromatic ring is 1. The maximum Gasteiger partial charge on any atom is 0.0314 e. The van der Waals surface area contributed by atoms with Crippen LogP contribution in [0.5, 0.6) is 0 Å². The van der Waals surface area contributed by atoms with Gasteiger partial charge in [-0.15, -0.1) is 0 Å². The Bertz CT molecular complexity index is 266. The van der Waals surface area contributed by atoms with Crippen molar-refractivity contribution < 1.29 is 0 Å². The van der Waals surface area contributed by atoms with E-state index in [0.717, 1.165) is 11.3 Å². The average Bonchev–Trinajstić information content (AvgIpc) is 1.95. The summed E-state index contributed by atoms with van der Waals surface area (Å²) in [5.74, 6) is 2.79. The predicted molar refractivity (Wildman–Crippen MR) is 46.7 cm³/mol. The van der Waals surface area contributed by atoms with E-state index in [-0.39, 0.29) is 0 Å². The molecule has 0 aliphatic carbocycles. The molecule has 0 amide bonds. The number of thiol groups is 1. The first-order valence-electron chi connectivity index (χ1n) is 2.83. The van der Waals surface area contributed by atoms with Crippen LogP contribution in [0.3, 0.4) is 0 Å². The zero-order valence-electron chi connectivity index (χ0n) is 5.33. The molecule has 0 radical (unpaired) electrons. The summed E-state index contributed by atoms with van der Waals surface area (Å²) in [4.78, 5) is 0. The van der Waals surface area contributed by atoms with Crippen LogP contribution in [0, 0.1) is 11.2 Å². The highest BCUT2D eigenvalue weighted by atomic mass is 32.1. The van der Waals surface area contributed by atoms with Crippen molar-refractivity contribution in [1.29, 1.82) is 0 Å². The van der Waals surface area contributed by atoms with Crippen molar-refractivity contribution in [2.24, 2.45) is 0 Å². The number of hydrogen-bond donors (Lipinski definition) is 2. The lowest BCUT2D eigenvalue weighted by molar-refractivity contribution is 1.64. The van der Waals surface area contributed by atoms with Crippen molar-refractivity contribution in [2.75, 3.05) is 5.73 Å². The normalized spacial score (nSPS) is 8.10. The fourth-order valence-corrected chi connectivity index (χ4v) is 0.760. The van der Waals surface area contributed by atoms with Gasteiger partial charge in [0.2, 0.25) is 0 Å². The van der Waals surface area contributed by atoms with E-state index >= 15 is 0 Å². The van der Waals surface area contributed by atoms with E-state index in [2.05, 4.69) is 23.8 Å². The first-order valence-corrected chi connectivity index (χ1v) is 3.28. The Morgan fingerprint density at radius 2 is 1.80 bits per heavy atom.